The van der Waals surface area contributed by atoms with Crippen LogP contribution in [0.25, 0.3) is 0 Å². The number of aliphatic hydroxyl groups excluding tert-OH is 2. The molecule has 0 radical (unpaired) electrons. The lowest BCUT2D eigenvalue weighted by Crippen LogP contribution is -2.57. The van der Waals surface area contributed by atoms with E-state index in [4.69, 9.17) is 9.84 Å². The molecular weight excluding hydrogens is 363 g/mol. The zero-order valence-corrected chi connectivity index (χ0v) is 13.4. The van der Waals surface area contributed by atoms with Gasteiger partial charge in [0.25, 0.3) is 0 Å². The Kier molecular flexibility index (Phi) is 6.21. The zero-order chi connectivity index (χ0) is 19.5. The number of hydrogen-bond donors (Lipinski definition) is 4. The van der Waals surface area contributed by atoms with E-state index in [1.807, 2.05) is 0 Å². The van der Waals surface area contributed by atoms with Crippen molar-refractivity contribution in [1.82, 2.24) is 15.5 Å². The third-order valence-electron chi connectivity index (χ3n) is 3.96. The van der Waals surface area contributed by atoms with Gasteiger partial charge in [-0.05, 0) is 0 Å². The largest absolute Gasteiger partial charge is 0.471 e. The molecule has 146 valence electrons. The second-order valence-electron chi connectivity index (χ2n) is 5.80. The zero-order valence-electron chi connectivity index (χ0n) is 13.4. The first kappa shape index (κ1) is 20.1. The maximum atomic E-state index is 12.1. The standard InChI is InChI=1S/C14H18F3N3O6/c15-14(16,17)12(24)18-3-1-2-7-5-20(13(25)19-11(7)23)10-4-8(22)9(6-21)26-10/h1-2,7-10,21-22H,3-6H2,(H,18,24)(H,19,23,25). The van der Waals surface area contributed by atoms with Gasteiger partial charge in [-0.15, -0.1) is 0 Å². The summed E-state index contributed by atoms with van der Waals surface area (Å²) < 4.78 is 41.5. The van der Waals surface area contributed by atoms with Gasteiger partial charge in [0.15, 0.2) is 0 Å². The number of urea groups is 1. The summed E-state index contributed by atoms with van der Waals surface area (Å²) in [7, 11) is 0. The average Bonchev–Trinajstić information content (AvgIpc) is 2.92. The third kappa shape index (κ3) is 4.71. The van der Waals surface area contributed by atoms with Crippen LogP contribution in [0.1, 0.15) is 6.42 Å². The molecule has 0 aromatic rings. The first-order valence-electron chi connectivity index (χ1n) is 7.71. The Balaban J connectivity index is 1.93. The molecule has 2 fully saturated rings. The number of rotatable bonds is 5. The molecule has 2 saturated heterocycles. The minimum Gasteiger partial charge on any atom is -0.394 e. The molecule has 2 aliphatic rings. The number of ether oxygens (including phenoxy) is 1. The molecule has 0 saturated carbocycles. The van der Waals surface area contributed by atoms with Crippen molar-refractivity contribution in [3.8, 4) is 0 Å². The molecule has 0 spiro atoms. The Morgan fingerprint density at radius 2 is 2.12 bits per heavy atom. The number of carbonyl (C=O) groups excluding carboxylic acids is 3. The van der Waals surface area contributed by atoms with E-state index in [0.29, 0.717) is 0 Å². The summed E-state index contributed by atoms with van der Waals surface area (Å²) in [4.78, 5) is 35.6. The number of halogens is 3. The molecule has 2 heterocycles. The van der Waals surface area contributed by atoms with Crippen LogP contribution in [0, 0.1) is 5.92 Å². The van der Waals surface area contributed by atoms with E-state index < -0.39 is 61.5 Å². The number of nitrogens with one attached hydrogen (secondary N) is 2. The molecule has 0 aromatic heterocycles. The Labute approximate surface area is 145 Å². The predicted molar refractivity (Wildman–Crippen MR) is 78.3 cm³/mol. The van der Waals surface area contributed by atoms with Gasteiger partial charge in [-0.2, -0.15) is 13.2 Å². The molecule has 4 atom stereocenters. The number of carbonyl (C=O) groups is 3. The molecule has 0 aromatic carbocycles. The van der Waals surface area contributed by atoms with Crippen LogP contribution in [0.2, 0.25) is 0 Å². The van der Waals surface area contributed by atoms with Gasteiger partial charge < -0.3 is 20.3 Å². The molecule has 0 bridgehead atoms. The number of aliphatic hydroxyl groups is 2. The van der Waals surface area contributed by atoms with Crippen molar-refractivity contribution in [1.29, 1.82) is 0 Å². The van der Waals surface area contributed by atoms with Crippen molar-refractivity contribution in [3.05, 3.63) is 12.2 Å². The molecule has 4 unspecified atom stereocenters. The van der Waals surface area contributed by atoms with Gasteiger partial charge in [-0.1, -0.05) is 12.2 Å². The highest BCUT2D eigenvalue weighted by molar-refractivity contribution is 5.98. The fourth-order valence-electron chi connectivity index (χ4n) is 2.60. The molecule has 0 aliphatic carbocycles. The molecule has 9 nitrogen and oxygen atoms in total. The monoisotopic (exact) mass is 381 g/mol. The summed E-state index contributed by atoms with van der Waals surface area (Å²) in [6.07, 6.45) is -5.19. The maximum Gasteiger partial charge on any atom is 0.471 e. The number of imide groups is 1. The normalized spacial score (nSPS) is 30.0. The summed E-state index contributed by atoms with van der Waals surface area (Å²) in [6, 6.07) is -0.735. The lowest BCUT2D eigenvalue weighted by atomic mass is 10.0. The Hall–Kier alpha value is -2.18. The molecule has 12 heteroatoms. The smallest absolute Gasteiger partial charge is 0.394 e. The van der Waals surface area contributed by atoms with E-state index in [0.717, 1.165) is 4.90 Å². The first-order valence-corrected chi connectivity index (χ1v) is 7.71. The Bertz CT molecular complexity index is 597. The molecule has 26 heavy (non-hydrogen) atoms. The van der Waals surface area contributed by atoms with Crippen molar-refractivity contribution in [3.63, 3.8) is 0 Å². The topological polar surface area (TPSA) is 128 Å². The van der Waals surface area contributed by atoms with Gasteiger partial charge in [0.05, 0.1) is 18.6 Å². The summed E-state index contributed by atoms with van der Waals surface area (Å²) >= 11 is 0. The third-order valence-corrected chi connectivity index (χ3v) is 3.96. The summed E-state index contributed by atoms with van der Waals surface area (Å²) in [5.41, 5.74) is 0. The quantitative estimate of drug-likeness (QED) is 0.446. The van der Waals surface area contributed by atoms with Crippen LogP contribution in [0.15, 0.2) is 12.2 Å². The van der Waals surface area contributed by atoms with E-state index in [1.54, 1.807) is 5.32 Å². The number of alkyl halides is 3. The fraction of sp³-hybridized carbons (Fsp3) is 0.643. The van der Waals surface area contributed by atoms with E-state index in [-0.39, 0.29) is 13.0 Å². The average molecular weight is 381 g/mol. The minimum absolute atomic E-state index is 0.0465. The van der Waals surface area contributed by atoms with Gasteiger partial charge >= 0.3 is 18.1 Å². The van der Waals surface area contributed by atoms with Crippen molar-refractivity contribution in [2.24, 2.45) is 5.92 Å². The molecule has 4 N–H and O–H groups in total. The molecule has 2 aliphatic heterocycles. The van der Waals surface area contributed by atoms with Gasteiger partial charge in [-0.3, -0.25) is 19.8 Å². The van der Waals surface area contributed by atoms with Crippen LogP contribution in [-0.2, 0) is 14.3 Å². The minimum atomic E-state index is -5.00. The van der Waals surface area contributed by atoms with Gasteiger partial charge in [-0.25, -0.2) is 4.79 Å². The second kappa shape index (κ2) is 8.01. The van der Waals surface area contributed by atoms with E-state index in [1.165, 1.54) is 12.2 Å². The van der Waals surface area contributed by atoms with Crippen molar-refractivity contribution in [2.45, 2.75) is 31.0 Å². The van der Waals surface area contributed by atoms with Crippen LogP contribution in [0.5, 0.6) is 0 Å². The maximum absolute atomic E-state index is 12.1. The number of hydrogen-bond acceptors (Lipinski definition) is 6. The van der Waals surface area contributed by atoms with E-state index in [9.17, 15) is 32.7 Å². The van der Waals surface area contributed by atoms with Crippen molar-refractivity contribution in [2.75, 3.05) is 19.7 Å². The highest BCUT2D eigenvalue weighted by Crippen LogP contribution is 2.25. The molecule has 2 rings (SSSR count). The fourth-order valence-corrected chi connectivity index (χ4v) is 2.60. The van der Waals surface area contributed by atoms with E-state index >= 15 is 0 Å². The van der Waals surface area contributed by atoms with Crippen molar-refractivity contribution >= 4 is 17.8 Å². The van der Waals surface area contributed by atoms with Gasteiger partial charge in [0.2, 0.25) is 5.91 Å². The van der Waals surface area contributed by atoms with Crippen molar-refractivity contribution < 1.29 is 42.5 Å². The number of nitrogens with zero attached hydrogens (tertiary/aromatic N) is 1. The van der Waals surface area contributed by atoms with Crippen LogP contribution < -0.4 is 10.6 Å². The molecular formula is C14H18F3N3O6. The Morgan fingerprint density at radius 1 is 1.42 bits per heavy atom. The Morgan fingerprint density at radius 3 is 2.69 bits per heavy atom. The van der Waals surface area contributed by atoms with Crippen LogP contribution in [-0.4, -0.2) is 77.3 Å². The summed E-state index contributed by atoms with van der Waals surface area (Å²) in [5, 5.41) is 22.5. The second-order valence-corrected chi connectivity index (χ2v) is 5.80. The van der Waals surface area contributed by atoms with Gasteiger partial charge in [0.1, 0.15) is 12.3 Å². The first-order chi connectivity index (χ1) is 12.1. The predicted octanol–water partition coefficient (Wildman–Crippen LogP) is -1.14. The SMILES string of the molecule is O=C1NC(=O)N(C2CC(O)C(CO)O2)CC1C=CCNC(=O)C(F)(F)F. The van der Waals surface area contributed by atoms with Crippen LogP contribution in [0.4, 0.5) is 18.0 Å². The van der Waals surface area contributed by atoms with Gasteiger partial charge in [0, 0.05) is 19.5 Å². The number of amides is 4. The van der Waals surface area contributed by atoms with Crippen LogP contribution >= 0.6 is 0 Å². The highest BCUT2D eigenvalue weighted by Gasteiger charge is 2.42. The lowest BCUT2D eigenvalue weighted by molar-refractivity contribution is -0.173. The summed E-state index contributed by atoms with van der Waals surface area (Å²) in [5.74, 6) is -3.62. The van der Waals surface area contributed by atoms with Crippen LogP contribution in [0.3, 0.4) is 0 Å². The summed E-state index contributed by atoms with van der Waals surface area (Å²) in [6.45, 7) is -1.00. The lowest BCUT2D eigenvalue weighted by Gasteiger charge is -2.34. The molecule has 4 amide bonds. The highest BCUT2D eigenvalue weighted by atomic mass is 19.4. The van der Waals surface area contributed by atoms with E-state index in [2.05, 4.69) is 5.32 Å².